The quantitative estimate of drug-likeness (QED) is 0.643. The van der Waals surface area contributed by atoms with Crippen LogP contribution in [-0.4, -0.2) is 11.1 Å². The molecule has 0 N–H and O–H groups in total. The minimum atomic E-state index is -1.22. The summed E-state index contributed by atoms with van der Waals surface area (Å²) in [6.45, 7) is 5.26. The fraction of sp³-hybridized carbons (Fsp3) is 0.500. The van der Waals surface area contributed by atoms with Crippen LogP contribution >= 0.6 is 0 Å². The van der Waals surface area contributed by atoms with Crippen molar-refractivity contribution in [2.24, 2.45) is 0 Å². The SMILES string of the molecule is Cc1noc(C(C)C)c1C(=O)[O-]. The number of rotatable bonds is 2. The van der Waals surface area contributed by atoms with Crippen LogP contribution in [0.1, 0.15) is 41.6 Å². The van der Waals surface area contributed by atoms with Crippen LogP contribution in [0.15, 0.2) is 4.52 Å². The first-order valence-electron chi connectivity index (χ1n) is 3.71. The van der Waals surface area contributed by atoms with E-state index < -0.39 is 5.97 Å². The van der Waals surface area contributed by atoms with Gasteiger partial charge in [0, 0.05) is 5.92 Å². The number of aryl methyl sites for hydroxylation is 1. The minimum Gasteiger partial charge on any atom is -0.545 e. The first kappa shape index (κ1) is 8.77. The van der Waals surface area contributed by atoms with E-state index in [0.717, 1.165) is 0 Å². The van der Waals surface area contributed by atoms with Gasteiger partial charge in [-0.15, -0.1) is 0 Å². The summed E-state index contributed by atoms with van der Waals surface area (Å²) in [4.78, 5) is 10.6. The van der Waals surface area contributed by atoms with E-state index in [1.54, 1.807) is 6.92 Å². The zero-order valence-corrected chi connectivity index (χ0v) is 7.25. The number of nitrogens with zero attached hydrogens (tertiary/aromatic N) is 1. The maximum absolute atomic E-state index is 10.6. The molecule has 0 atom stereocenters. The lowest BCUT2D eigenvalue weighted by molar-refractivity contribution is -0.255. The van der Waals surface area contributed by atoms with E-state index in [0.29, 0.717) is 11.5 Å². The summed E-state index contributed by atoms with van der Waals surface area (Å²) in [7, 11) is 0. The molecule has 66 valence electrons. The van der Waals surface area contributed by atoms with Gasteiger partial charge >= 0.3 is 0 Å². The van der Waals surface area contributed by atoms with Gasteiger partial charge < -0.3 is 14.4 Å². The number of hydrogen-bond donors (Lipinski definition) is 0. The third kappa shape index (κ3) is 1.32. The van der Waals surface area contributed by atoms with Crippen LogP contribution < -0.4 is 5.11 Å². The number of carboxylic acid groups (broad SMARTS) is 1. The number of carboxylic acids is 1. The Morgan fingerprint density at radius 3 is 2.50 bits per heavy atom. The Kier molecular flexibility index (Phi) is 2.17. The van der Waals surface area contributed by atoms with Gasteiger partial charge in [-0.05, 0) is 6.92 Å². The monoisotopic (exact) mass is 168 g/mol. The zero-order valence-electron chi connectivity index (χ0n) is 7.25. The largest absolute Gasteiger partial charge is 0.545 e. The zero-order chi connectivity index (χ0) is 9.30. The van der Waals surface area contributed by atoms with Crippen molar-refractivity contribution in [1.29, 1.82) is 0 Å². The van der Waals surface area contributed by atoms with Crippen LogP contribution in [0.3, 0.4) is 0 Å². The van der Waals surface area contributed by atoms with Crippen LogP contribution in [0, 0.1) is 6.92 Å². The number of carbonyl (C=O) groups excluding carboxylic acids is 1. The Labute approximate surface area is 70.2 Å². The lowest BCUT2D eigenvalue weighted by atomic mass is 10.1. The molecule has 0 amide bonds. The fourth-order valence-electron chi connectivity index (χ4n) is 1.03. The van der Waals surface area contributed by atoms with Gasteiger partial charge in [0.25, 0.3) is 0 Å². The van der Waals surface area contributed by atoms with Crippen molar-refractivity contribution in [3.05, 3.63) is 17.0 Å². The van der Waals surface area contributed by atoms with Gasteiger partial charge in [0.05, 0.1) is 17.2 Å². The molecule has 0 aliphatic rings. The van der Waals surface area contributed by atoms with Crippen molar-refractivity contribution >= 4 is 5.97 Å². The Balaban J connectivity index is 3.21. The Morgan fingerprint density at radius 2 is 2.17 bits per heavy atom. The lowest BCUT2D eigenvalue weighted by Gasteiger charge is -2.04. The van der Waals surface area contributed by atoms with E-state index in [1.807, 2.05) is 13.8 Å². The molecule has 0 fully saturated rings. The Morgan fingerprint density at radius 1 is 1.58 bits per heavy atom. The molecule has 12 heavy (non-hydrogen) atoms. The molecule has 0 aliphatic carbocycles. The van der Waals surface area contributed by atoms with E-state index in [9.17, 15) is 9.90 Å². The van der Waals surface area contributed by atoms with Crippen LogP contribution in [0.25, 0.3) is 0 Å². The van der Waals surface area contributed by atoms with Crippen LogP contribution in [0.5, 0.6) is 0 Å². The van der Waals surface area contributed by atoms with E-state index in [-0.39, 0.29) is 11.5 Å². The smallest absolute Gasteiger partial charge is 0.148 e. The van der Waals surface area contributed by atoms with Crippen molar-refractivity contribution < 1.29 is 14.4 Å². The molecule has 1 heterocycles. The standard InChI is InChI=1S/C8H11NO3/c1-4(2)7-6(8(10)11)5(3)9-12-7/h4H,1-3H3,(H,10,11)/p-1. The minimum absolute atomic E-state index is 0.0131. The number of hydrogen-bond acceptors (Lipinski definition) is 4. The van der Waals surface area contributed by atoms with Gasteiger partial charge in [0.1, 0.15) is 5.76 Å². The summed E-state index contributed by atoms with van der Waals surface area (Å²) < 4.78 is 4.85. The van der Waals surface area contributed by atoms with Crippen molar-refractivity contribution in [1.82, 2.24) is 5.16 Å². The van der Waals surface area contributed by atoms with Crippen molar-refractivity contribution in [2.75, 3.05) is 0 Å². The van der Waals surface area contributed by atoms with Gasteiger partial charge in [0.2, 0.25) is 0 Å². The number of aromatic nitrogens is 1. The van der Waals surface area contributed by atoms with Gasteiger partial charge in [-0.1, -0.05) is 19.0 Å². The average Bonchev–Trinajstić information content (AvgIpc) is 2.30. The molecule has 0 aliphatic heterocycles. The summed E-state index contributed by atoms with van der Waals surface area (Å²) in [6, 6.07) is 0. The summed E-state index contributed by atoms with van der Waals surface area (Å²) in [5, 5.41) is 14.2. The number of carbonyl (C=O) groups is 1. The lowest BCUT2D eigenvalue weighted by Crippen LogP contribution is -2.24. The fourth-order valence-corrected chi connectivity index (χ4v) is 1.03. The van der Waals surface area contributed by atoms with Crippen molar-refractivity contribution in [3.63, 3.8) is 0 Å². The normalized spacial score (nSPS) is 10.7. The highest BCUT2D eigenvalue weighted by Gasteiger charge is 2.16. The maximum atomic E-state index is 10.6. The third-order valence-corrected chi connectivity index (χ3v) is 1.62. The second-order valence-corrected chi connectivity index (χ2v) is 2.95. The van der Waals surface area contributed by atoms with E-state index in [2.05, 4.69) is 5.16 Å². The van der Waals surface area contributed by atoms with Gasteiger partial charge in [-0.25, -0.2) is 0 Å². The molecule has 0 saturated heterocycles. The third-order valence-electron chi connectivity index (χ3n) is 1.62. The second-order valence-electron chi connectivity index (χ2n) is 2.95. The van der Waals surface area contributed by atoms with Crippen LogP contribution in [0.2, 0.25) is 0 Å². The predicted octanol–water partition coefficient (Wildman–Crippen LogP) is 0.470. The summed E-state index contributed by atoms with van der Waals surface area (Å²) in [6.07, 6.45) is 0. The maximum Gasteiger partial charge on any atom is 0.148 e. The van der Waals surface area contributed by atoms with Crippen LogP contribution in [0.4, 0.5) is 0 Å². The highest BCUT2D eigenvalue weighted by molar-refractivity contribution is 5.88. The van der Waals surface area contributed by atoms with E-state index in [4.69, 9.17) is 4.52 Å². The topological polar surface area (TPSA) is 66.2 Å². The molecule has 4 nitrogen and oxygen atoms in total. The Bertz CT molecular complexity index is 301. The van der Waals surface area contributed by atoms with Crippen LogP contribution in [-0.2, 0) is 0 Å². The second kappa shape index (κ2) is 2.97. The first-order chi connectivity index (χ1) is 5.54. The van der Waals surface area contributed by atoms with E-state index >= 15 is 0 Å². The number of aromatic carboxylic acids is 1. The molecule has 4 heteroatoms. The van der Waals surface area contributed by atoms with Gasteiger partial charge in [-0.2, -0.15) is 0 Å². The van der Waals surface area contributed by atoms with Gasteiger partial charge in [0.15, 0.2) is 0 Å². The molecular formula is C8H10NO3-. The first-order valence-corrected chi connectivity index (χ1v) is 3.71. The summed E-state index contributed by atoms with van der Waals surface area (Å²) >= 11 is 0. The molecular weight excluding hydrogens is 158 g/mol. The highest BCUT2D eigenvalue weighted by atomic mass is 16.5. The summed E-state index contributed by atoms with van der Waals surface area (Å²) in [5.41, 5.74) is 0.462. The molecule has 1 aromatic heterocycles. The molecule has 0 bridgehead atoms. The highest BCUT2D eigenvalue weighted by Crippen LogP contribution is 2.21. The van der Waals surface area contributed by atoms with Crippen molar-refractivity contribution in [2.45, 2.75) is 26.7 Å². The molecule has 0 unspecified atom stereocenters. The molecule has 0 saturated carbocycles. The average molecular weight is 168 g/mol. The molecule has 1 rings (SSSR count). The molecule has 0 spiro atoms. The van der Waals surface area contributed by atoms with Crippen molar-refractivity contribution in [3.8, 4) is 0 Å². The predicted molar refractivity (Wildman–Crippen MR) is 39.7 cm³/mol. The van der Waals surface area contributed by atoms with E-state index in [1.165, 1.54) is 0 Å². The molecule has 0 aromatic carbocycles. The molecule has 1 aromatic rings. The Hall–Kier alpha value is -1.32. The van der Waals surface area contributed by atoms with Gasteiger partial charge in [-0.3, -0.25) is 0 Å². The summed E-state index contributed by atoms with van der Waals surface area (Å²) in [5.74, 6) is -0.830. The molecule has 0 radical (unpaired) electrons.